The molecule has 3 rings (SSSR count). The molecular formula is C24H25N3O3S2. The van der Waals surface area contributed by atoms with Crippen LogP contribution in [0.15, 0.2) is 77.7 Å². The molecule has 0 aliphatic carbocycles. The number of carbonyl (C=O) groups is 1. The van der Waals surface area contributed by atoms with E-state index < -0.39 is 0 Å². The Labute approximate surface area is 197 Å². The number of amides is 1. The second-order valence-corrected chi connectivity index (χ2v) is 8.61. The summed E-state index contributed by atoms with van der Waals surface area (Å²) < 4.78 is 10.6. The monoisotopic (exact) mass is 467 g/mol. The highest BCUT2D eigenvalue weighted by molar-refractivity contribution is 8.00. The summed E-state index contributed by atoms with van der Waals surface area (Å²) in [5, 5.41) is 9.41. The van der Waals surface area contributed by atoms with Gasteiger partial charge in [-0.2, -0.15) is 0 Å². The van der Waals surface area contributed by atoms with Gasteiger partial charge in [0.15, 0.2) is 5.11 Å². The Morgan fingerprint density at radius 1 is 0.875 bits per heavy atom. The molecule has 0 spiro atoms. The van der Waals surface area contributed by atoms with Crippen LogP contribution < -0.4 is 25.4 Å². The van der Waals surface area contributed by atoms with Gasteiger partial charge in [0, 0.05) is 22.3 Å². The van der Waals surface area contributed by atoms with Crippen LogP contribution in [0.1, 0.15) is 6.92 Å². The summed E-state index contributed by atoms with van der Waals surface area (Å²) in [5.74, 6) is 1.07. The van der Waals surface area contributed by atoms with E-state index in [1.807, 2.05) is 61.5 Å². The lowest BCUT2D eigenvalue weighted by Crippen LogP contribution is -2.22. The Bertz CT molecular complexity index is 1080. The zero-order chi connectivity index (χ0) is 22.9. The molecule has 8 heteroatoms. The predicted molar refractivity (Wildman–Crippen MR) is 136 cm³/mol. The maximum Gasteiger partial charge on any atom is 0.237 e. The van der Waals surface area contributed by atoms with E-state index in [-0.39, 0.29) is 11.2 Å². The van der Waals surface area contributed by atoms with Crippen molar-refractivity contribution in [1.82, 2.24) is 0 Å². The van der Waals surface area contributed by atoms with Crippen LogP contribution in [0.4, 0.5) is 17.1 Å². The Hall–Kier alpha value is -3.23. The van der Waals surface area contributed by atoms with Gasteiger partial charge in [0.2, 0.25) is 5.91 Å². The average molecular weight is 468 g/mol. The molecule has 0 aliphatic rings. The predicted octanol–water partition coefficient (Wildman–Crippen LogP) is 5.63. The van der Waals surface area contributed by atoms with Gasteiger partial charge in [-0.1, -0.05) is 24.3 Å². The molecule has 6 nitrogen and oxygen atoms in total. The molecule has 3 N–H and O–H groups in total. The second-order valence-electron chi connectivity index (χ2n) is 6.79. The number of methoxy groups -OCH3 is 2. The fourth-order valence-corrected chi connectivity index (χ4v) is 4.02. The van der Waals surface area contributed by atoms with E-state index in [9.17, 15) is 4.79 Å². The first-order valence-corrected chi connectivity index (χ1v) is 11.2. The van der Waals surface area contributed by atoms with Crippen molar-refractivity contribution in [3.05, 3.63) is 72.8 Å². The van der Waals surface area contributed by atoms with Gasteiger partial charge in [-0.15, -0.1) is 11.8 Å². The molecule has 0 saturated heterocycles. The van der Waals surface area contributed by atoms with Crippen molar-refractivity contribution in [3.8, 4) is 11.5 Å². The Morgan fingerprint density at radius 2 is 1.59 bits per heavy atom. The third kappa shape index (κ3) is 6.63. The van der Waals surface area contributed by atoms with Crippen molar-refractivity contribution < 1.29 is 14.3 Å². The van der Waals surface area contributed by atoms with Crippen LogP contribution >= 0.6 is 24.0 Å². The van der Waals surface area contributed by atoms with Crippen molar-refractivity contribution >= 4 is 52.1 Å². The molecule has 1 amide bonds. The van der Waals surface area contributed by atoms with E-state index in [1.165, 1.54) is 11.8 Å². The molecule has 0 heterocycles. The summed E-state index contributed by atoms with van der Waals surface area (Å²) in [6, 6.07) is 22.8. The molecule has 3 aromatic carbocycles. The minimum atomic E-state index is -0.327. The number of thioether (sulfide) groups is 1. The molecule has 166 valence electrons. The Morgan fingerprint density at radius 3 is 2.31 bits per heavy atom. The van der Waals surface area contributed by atoms with E-state index in [0.717, 1.165) is 16.3 Å². The quantitative estimate of drug-likeness (QED) is 0.293. The van der Waals surface area contributed by atoms with Gasteiger partial charge >= 0.3 is 0 Å². The third-order valence-corrected chi connectivity index (χ3v) is 5.77. The second kappa shape index (κ2) is 11.4. The van der Waals surface area contributed by atoms with E-state index in [4.69, 9.17) is 21.7 Å². The zero-order valence-corrected chi connectivity index (χ0v) is 19.7. The fraction of sp³-hybridized carbons (Fsp3) is 0.167. The van der Waals surface area contributed by atoms with E-state index >= 15 is 0 Å². The number of para-hydroxylation sites is 1. The number of hydrogen-bond donors (Lipinski definition) is 3. The lowest BCUT2D eigenvalue weighted by atomic mass is 10.2. The molecule has 1 unspecified atom stereocenters. The first-order chi connectivity index (χ1) is 15.5. The third-order valence-electron chi connectivity index (χ3n) is 4.47. The van der Waals surface area contributed by atoms with Crippen LogP contribution in [0.3, 0.4) is 0 Å². The number of nitrogens with one attached hydrogen (secondary N) is 3. The van der Waals surface area contributed by atoms with E-state index in [0.29, 0.717) is 22.3 Å². The molecule has 0 radical (unpaired) electrons. The molecule has 0 aliphatic heterocycles. The molecule has 1 atom stereocenters. The van der Waals surface area contributed by atoms with Gasteiger partial charge in [-0.05, 0) is 61.6 Å². The summed E-state index contributed by atoms with van der Waals surface area (Å²) in [6.45, 7) is 1.86. The number of benzene rings is 3. The number of carbonyl (C=O) groups excluding carboxylic acids is 1. The van der Waals surface area contributed by atoms with Crippen molar-refractivity contribution in [3.63, 3.8) is 0 Å². The van der Waals surface area contributed by atoms with Crippen molar-refractivity contribution in [1.29, 1.82) is 0 Å². The molecule has 0 aromatic heterocycles. The van der Waals surface area contributed by atoms with Gasteiger partial charge in [0.05, 0.1) is 25.2 Å². The smallest absolute Gasteiger partial charge is 0.237 e. The minimum absolute atomic E-state index is 0.127. The summed E-state index contributed by atoms with van der Waals surface area (Å²) in [6.07, 6.45) is 0. The number of hydrogen-bond acceptors (Lipinski definition) is 5. The zero-order valence-electron chi connectivity index (χ0n) is 18.0. The van der Waals surface area contributed by atoms with Crippen LogP contribution in [0.25, 0.3) is 0 Å². The SMILES string of the molecule is COc1ccc(NC(=O)C(C)Sc2cccc(NC(=S)Nc3ccccc3)c2)c(OC)c1. The lowest BCUT2D eigenvalue weighted by molar-refractivity contribution is -0.115. The topological polar surface area (TPSA) is 71.6 Å². The highest BCUT2D eigenvalue weighted by Crippen LogP contribution is 2.31. The van der Waals surface area contributed by atoms with Gasteiger partial charge in [0.1, 0.15) is 11.5 Å². The number of rotatable bonds is 8. The summed E-state index contributed by atoms with van der Waals surface area (Å²) in [7, 11) is 3.14. The summed E-state index contributed by atoms with van der Waals surface area (Å²) >= 11 is 6.85. The maximum atomic E-state index is 12.7. The first kappa shape index (κ1) is 23.4. The van der Waals surface area contributed by atoms with Crippen molar-refractivity contribution in [2.45, 2.75) is 17.1 Å². The van der Waals surface area contributed by atoms with Crippen LogP contribution in [0, 0.1) is 0 Å². The normalized spacial score (nSPS) is 11.2. The number of anilines is 3. The molecule has 0 saturated carbocycles. The van der Waals surface area contributed by atoms with E-state index in [1.54, 1.807) is 32.4 Å². The molecule has 3 aromatic rings. The van der Waals surface area contributed by atoms with Crippen molar-refractivity contribution in [2.75, 3.05) is 30.2 Å². The molecule has 0 bridgehead atoms. The van der Waals surface area contributed by atoms with Gasteiger partial charge in [-0.3, -0.25) is 4.79 Å². The highest BCUT2D eigenvalue weighted by Gasteiger charge is 2.17. The largest absolute Gasteiger partial charge is 0.497 e. The van der Waals surface area contributed by atoms with Crippen LogP contribution in [0.5, 0.6) is 11.5 Å². The van der Waals surface area contributed by atoms with Gasteiger partial charge in [-0.25, -0.2) is 0 Å². The summed E-state index contributed by atoms with van der Waals surface area (Å²) in [4.78, 5) is 13.7. The number of ether oxygens (including phenoxy) is 2. The highest BCUT2D eigenvalue weighted by atomic mass is 32.2. The van der Waals surface area contributed by atoms with E-state index in [2.05, 4.69) is 16.0 Å². The molecule has 32 heavy (non-hydrogen) atoms. The lowest BCUT2D eigenvalue weighted by Gasteiger charge is -2.16. The average Bonchev–Trinajstić information content (AvgIpc) is 2.80. The van der Waals surface area contributed by atoms with Gasteiger partial charge < -0.3 is 25.4 Å². The first-order valence-electron chi connectivity index (χ1n) is 9.91. The van der Waals surface area contributed by atoms with Gasteiger partial charge in [0.25, 0.3) is 0 Å². The van der Waals surface area contributed by atoms with Crippen LogP contribution in [-0.2, 0) is 4.79 Å². The van der Waals surface area contributed by atoms with Crippen molar-refractivity contribution in [2.24, 2.45) is 0 Å². The number of thiocarbonyl (C=S) groups is 1. The molecular weight excluding hydrogens is 442 g/mol. The standard InChI is InChI=1S/C24H25N3O3S2/c1-16(23(28)27-21-13-12-19(29-2)15-22(21)30-3)32-20-11-7-10-18(14-20)26-24(31)25-17-8-5-4-6-9-17/h4-16H,1-3H3,(H,27,28)(H2,25,26,31). The Balaban J connectivity index is 1.59. The maximum absolute atomic E-state index is 12.7. The van der Waals surface area contributed by atoms with Crippen LogP contribution in [-0.4, -0.2) is 30.5 Å². The molecule has 0 fully saturated rings. The fourth-order valence-electron chi connectivity index (χ4n) is 2.86. The van der Waals surface area contributed by atoms with Crippen LogP contribution in [0.2, 0.25) is 0 Å². The summed E-state index contributed by atoms with van der Waals surface area (Å²) in [5.41, 5.74) is 2.35. The Kier molecular flexibility index (Phi) is 8.35. The minimum Gasteiger partial charge on any atom is -0.497 e.